The second-order valence-electron chi connectivity index (χ2n) is 7.36. The zero-order valence-corrected chi connectivity index (χ0v) is 15.0. The number of nitrogens with zero attached hydrogens (tertiary/aromatic N) is 1. The van der Waals surface area contributed by atoms with Gasteiger partial charge in [-0.15, -0.1) is 0 Å². The summed E-state index contributed by atoms with van der Waals surface area (Å²) in [5, 5.41) is 13.0. The highest BCUT2D eigenvalue weighted by Crippen LogP contribution is 2.57. The van der Waals surface area contributed by atoms with Crippen LogP contribution in [-0.4, -0.2) is 11.7 Å². The summed E-state index contributed by atoms with van der Waals surface area (Å²) in [6.45, 7) is 3.86. The van der Waals surface area contributed by atoms with Crippen molar-refractivity contribution in [1.82, 2.24) is 0 Å². The monoisotopic (exact) mass is 369 g/mol. The topological polar surface area (TPSA) is 105 Å². The molecule has 1 amide bonds. The number of nitrogens with one attached hydrogen (secondary N) is 1. The molecule has 132 valence electrons. The number of carbonyl (C=O) groups excluding carboxylic acids is 2. The third-order valence-corrected chi connectivity index (χ3v) is 5.63. The minimum absolute atomic E-state index is 0.0826. The van der Waals surface area contributed by atoms with Crippen molar-refractivity contribution in [3.63, 3.8) is 0 Å². The first-order chi connectivity index (χ1) is 12.2. The predicted octanol–water partition coefficient (Wildman–Crippen LogP) is 2.90. The molecule has 0 bridgehead atoms. The molecule has 7 heteroatoms. The second kappa shape index (κ2) is 5.12. The quantitative estimate of drug-likeness (QED) is 0.731. The van der Waals surface area contributed by atoms with E-state index in [0.717, 1.165) is 0 Å². The van der Waals surface area contributed by atoms with Gasteiger partial charge in [0.1, 0.15) is 22.8 Å². The molecule has 3 N–H and O–H groups in total. The highest BCUT2D eigenvalue weighted by atomic mass is 35.5. The lowest BCUT2D eigenvalue weighted by atomic mass is 9.61. The molecule has 0 saturated heterocycles. The number of anilines is 1. The standard InChI is InChI=1S/C19H16ClN3O3/c1-18(2)6-5-13(24)14-15(18)26-16(22)11(8-21)19(14)10-7-9(20)3-4-12(10)23-17(19)25/h3-4,7H,5-6,22H2,1-2H3,(H,23,25). The number of fused-ring (bicyclic) bond motifs is 3. The van der Waals surface area contributed by atoms with E-state index >= 15 is 0 Å². The number of benzene rings is 1. The Labute approximate surface area is 155 Å². The number of Topliss-reactive ketones (excluding diaryl/α,β-unsaturated/α-hetero) is 1. The summed E-state index contributed by atoms with van der Waals surface area (Å²) in [5.74, 6) is -0.510. The molecule has 1 aromatic carbocycles. The first-order valence-corrected chi connectivity index (χ1v) is 8.59. The molecule has 1 atom stereocenters. The maximum Gasteiger partial charge on any atom is 0.245 e. The van der Waals surface area contributed by atoms with Gasteiger partial charge in [-0.2, -0.15) is 5.26 Å². The molecular formula is C19H16ClN3O3. The van der Waals surface area contributed by atoms with Gasteiger partial charge in [0.25, 0.3) is 0 Å². The number of hydrogen-bond acceptors (Lipinski definition) is 5. The van der Waals surface area contributed by atoms with Crippen molar-refractivity contribution >= 4 is 29.0 Å². The number of hydrogen-bond donors (Lipinski definition) is 2. The summed E-state index contributed by atoms with van der Waals surface area (Å²) in [6.07, 6.45) is 0.832. The number of rotatable bonds is 0. The average molecular weight is 370 g/mol. The summed E-state index contributed by atoms with van der Waals surface area (Å²) in [7, 11) is 0. The van der Waals surface area contributed by atoms with Gasteiger partial charge in [0, 0.05) is 28.1 Å². The van der Waals surface area contributed by atoms with Crippen LogP contribution in [0.25, 0.3) is 0 Å². The highest BCUT2D eigenvalue weighted by Gasteiger charge is 2.61. The van der Waals surface area contributed by atoms with E-state index in [1.54, 1.807) is 18.2 Å². The van der Waals surface area contributed by atoms with E-state index in [1.807, 2.05) is 19.9 Å². The van der Waals surface area contributed by atoms with Crippen LogP contribution in [0, 0.1) is 16.7 Å². The van der Waals surface area contributed by atoms with Crippen LogP contribution in [0.4, 0.5) is 5.69 Å². The van der Waals surface area contributed by atoms with Gasteiger partial charge in [0.2, 0.25) is 11.8 Å². The Morgan fingerprint density at radius 1 is 1.35 bits per heavy atom. The van der Waals surface area contributed by atoms with Crippen LogP contribution in [0.3, 0.4) is 0 Å². The number of amides is 1. The summed E-state index contributed by atoms with van der Waals surface area (Å²) < 4.78 is 5.74. The number of nitriles is 1. The van der Waals surface area contributed by atoms with Crippen molar-refractivity contribution in [3.05, 3.63) is 51.6 Å². The molecule has 2 aliphatic heterocycles. The van der Waals surface area contributed by atoms with Gasteiger partial charge in [-0.25, -0.2) is 0 Å². The van der Waals surface area contributed by atoms with Gasteiger partial charge in [-0.1, -0.05) is 25.4 Å². The summed E-state index contributed by atoms with van der Waals surface area (Å²) in [4.78, 5) is 26.2. The van der Waals surface area contributed by atoms with E-state index in [4.69, 9.17) is 22.1 Å². The zero-order chi connectivity index (χ0) is 18.9. The minimum Gasteiger partial charge on any atom is -0.444 e. The number of ketones is 1. The minimum atomic E-state index is -1.62. The van der Waals surface area contributed by atoms with Crippen LogP contribution >= 0.6 is 11.6 Å². The molecule has 1 spiro atoms. The molecule has 6 nitrogen and oxygen atoms in total. The Morgan fingerprint density at radius 3 is 2.77 bits per heavy atom. The third-order valence-electron chi connectivity index (χ3n) is 5.39. The number of carbonyl (C=O) groups is 2. The van der Waals surface area contributed by atoms with Crippen molar-refractivity contribution in [2.24, 2.45) is 11.1 Å². The zero-order valence-electron chi connectivity index (χ0n) is 14.3. The van der Waals surface area contributed by atoms with Crippen LogP contribution < -0.4 is 11.1 Å². The number of ether oxygens (including phenoxy) is 1. The molecule has 2 heterocycles. The van der Waals surface area contributed by atoms with E-state index in [0.29, 0.717) is 28.5 Å². The molecule has 1 aliphatic carbocycles. The van der Waals surface area contributed by atoms with Crippen molar-refractivity contribution < 1.29 is 14.3 Å². The Morgan fingerprint density at radius 2 is 2.08 bits per heavy atom. The Balaban J connectivity index is 2.17. The van der Waals surface area contributed by atoms with Gasteiger partial charge in [-0.05, 0) is 24.6 Å². The molecule has 1 unspecified atom stereocenters. The van der Waals surface area contributed by atoms with Gasteiger partial charge < -0.3 is 15.8 Å². The van der Waals surface area contributed by atoms with Crippen LogP contribution in [0.15, 0.2) is 41.0 Å². The predicted molar refractivity (Wildman–Crippen MR) is 94.7 cm³/mol. The van der Waals surface area contributed by atoms with Gasteiger partial charge in [-0.3, -0.25) is 9.59 Å². The SMILES string of the molecule is CC1(C)CCC(=O)C2=C1OC(N)=C(C#N)C21C(=O)Nc2ccc(Cl)cc21. The third kappa shape index (κ3) is 1.86. The van der Waals surface area contributed by atoms with E-state index < -0.39 is 16.7 Å². The number of halogens is 1. The van der Waals surface area contributed by atoms with Gasteiger partial charge in [0.05, 0.1) is 5.57 Å². The average Bonchev–Trinajstić information content (AvgIpc) is 2.84. The lowest BCUT2D eigenvalue weighted by molar-refractivity contribution is -0.124. The van der Waals surface area contributed by atoms with E-state index in [1.165, 1.54) is 0 Å². The van der Waals surface area contributed by atoms with Crippen molar-refractivity contribution in [3.8, 4) is 6.07 Å². The summed E-state index contributed by atoms with van der Waals surface area (Å²) in [5.41, 5.74) is 5.00. The smallest absolute Gasteiger partial charge is 0.245 e. The van der Waals surface area contributed by atoms with E-state index in [9.17, 15) is 14.9 Å². The van der Waals surface area contributed by atoms with E-state index in [-0.39, 0.29) is 29.2 Å². The molecule has 1 aromatic rings. The fourth-order valence-corrected chi connectivity index (χ4v) is 4.25. The first kappa shape index (κ1) is 16.7. The van der Waals surface area contributed by atoms with Crippen molar-refractivity contribution in [2.45, 2.75) is 32.1 Å². The Bertz CT molecular complexity index is 1000. The molecule has 3 aliphatic rings. The van der Waals surface area contributed by atoms with Gasteiger partial charge in [0.15, 0.2) is 5.78 Å². The Kier molecular flexibility index (Phi) is 3.28. The maximum atomic E-state index is 13.2. The lowest BCUT2D eigenvalue weighted by Crippen LogP contribution is -2.48. The fourth-order valence-electron chi connectivity index (χ4n) is 4.08. The Hall–Kier alpha value is -2.78. The molecule has 0 saturated carbocycles. The van der Waals surface area contributed by atoms with Crippen LogP contribution in [0.5, 0.6) is 0 Å². The second-order valence-corrected chi connectivity index (χ2v) is 7.79. The molecule has 0 radical (unpaired) electrons. The van der Waals surface area contributed by atoms with E-state index in [2.05, 4.69) is 5.32 Å². The summed E-state index contributed by atoms with van der Waals surface area (Å²) in [6, 6.07) is 6.89. The molecule has 0 fully saturated rings. The van der Waals surface area contributed by atoms with Crippen LogP contribution in [0.1, 0.15) is 32.3 Å². The normalized spacial score (nSPS) is 26.2. The molecule has 26 heavy (non-hydrogen) atoms. The number of allylic oxidation sites excluding steroid dienone is 1. The van der Waals surface area contributed by atoms with Crippen molar-refractivity contribution in [1.29, 1.82) is 5.26 Å². The molecular weight excluding hydrogens is 354 g/mol. The van der Waals surface area contributed by atoms with Crippen LogP contribution in [0.2, 0.25) is 5.02 Å². The number of nitrogens with two attached hydrogens (primary N) is 1. The lowest BCUT2D eigenvalue weighted by Gasteiger charge is -2.42. The maximum absolute atomic E-state index is 13.2. The highest BCUT2D eigenvalue weighted by molar-refractivity contribution is 6.31. The largest absolute Gasteiger partial charge is 0.444 e. The fraction of sp³-hybridized carbons (Fsp3) is 0.316. The molecule has 0 aromatic heterocycles. The van der Waals surface area contributed by atoms with Gasteiger partial charge >= 0.3 is 0 Å². The molecule has 4 rings (SSSR count). The van der Waals surface area contributed by atoms with Crippen molar-refractivity contribution in [2.75, 3.05) is 5.32 Å². The van der Waals surface area contributed by atoms with Crippen LogP contribution in [-0.2, 0) is 19.7 Å². The first-order valence-electron chi connectivity index (χ1n) is 8.21. The summed E-state index contributed by atoms with van der Waals surface area (Å²) >= 11 is 6.17.